The van der Waals surface area contributed by atoms with E-state index >= 15 is 0 Å². The number of Topliss-reactive ketones (excluding diaryl/α,β-unsaturated/α-hetero) is 1. The van der Waals surface area contributed by atoms with Crippen LogP contribution in [0.4, 0.5) is 0 Å². The van der Waals surface area contributed by atoms with Crippen molar-refractivity contribution in [2.45, 2.75) is 31.1 Å². The third-order valence-electron chi connectivity index (χ3n) is 4.10. The van der Waals surface area contributed by atoms with Gasteiger partial charge in [-0.1, -0.05) is 42.5 Å². The number of hydrogen-bond donors (Lipinski definition) is 0. The van der Waals surface area contributed by atoms with Crippen LogP contribution in [0, 0.1) is 0 Å². The lowest BCUT2D eigenvalue weighted by molar-refractivity contribution is -0.117. The maximum absolute atomic E-state index is 13.2. The Balaban J connectivity index is 2.16. The van der Waals surface area contributed by atoms with Gasteiger partial charge in [0.25, 0.3) is 10.0 Å². The molecule has 0 amide bonds. The van der Waals surface area contributed by atoms with Crippen molar-refractivity contribution in [1.82, 2.24) is 4.31 Å². The first-order valence-corrected chi connectivity index (χ1v) is 9.23. The van der Waals surface area contributed by atoms with Gasteiger partial charge in [-0.25, -0.2) is 8.42 Å². The zero-order chi connectivity index (χ0) is 16.4. The predicted octanol–water partition coefficient (Wildman–Crippen LogP) is 3.49. The van der Waals surface area contributed by atoms with E-state index in [0.29, 0.717) is 17.5 Å². The SMILES string of the molecule is CCN(C1=CCCCC1=O)S(=O)(=O)c1cccc2ccccc12. The van der Waals surface area contributed by atoms with Crippen LogP contribution in [0.5, 0.6) is 0 Å². The van der Waals surface area contributed by atoms with Gasteiger partial charge in [0.2, 0.25) is 0 Å². The standard InChI is InChI=1S/C18H19NO3S/c1-2-19(16-11-5-6-12-17(16)20)23(21,22)18-13-7-9-14-8-3-4-10-15(14)18/h3-4,7-11,13H,2,5-6,12H2,1H3. The first kappa shape index (κ1) is 15.7. The van der Waals surface area contributed by atoms with Gasteiger partial charge in [-0.3, -0.25) is 9.10 Å². The molecule has 2 aromatic carbocycles. The summed E-state index contributed by atoms with van der Waals surface area (Å²) in [4.78, 5) is 12.4. The monoisotopic (exact) mass is 329 g/mol. The summed E-state index contributed by atoms with van der Waals surface area (Å²) in [5.41, 5.74) is 0.312. The van der Waals surface area contributed by atoms with E-state index in [1.807, 2.05) is 24.3 Å². The van der Waals surface area contributed by atoms with Gasteiger partial charge in [0, 0.05) is 18.4 Å². The lowest BCUT2D eigenvalue weighted by atomic mass is 10.0. The van der Waals surface area contributed by atoms with Gasteiger partial charge in [0.15, 0.2) is 5.78 Å². The van der Waals surface area contributed by atoms with Gasteiger partial charge in [-0.2, -0.15) is 0 Å². The fraction of sp³-hybridized carbons (Fsp3) is 0.278. The van der Waals surface area contributed by atoms with Gasteiger partial charge in [-0.15, -0.1) is 0 Å². The van der Waals surface area contributed by atoms with Crippen LogP contribution in [-0.4, -0.2) is 25.1 Å². The van der Waals surface area contributed by atoms with Gasteiger partial charge < -0.3 is 0 Å². The van der Waals surface area contributed by atoms with Crippen molar-refractivity contribution in [3.63, 3.8) is 0 Å². The Labute approximate surface area is 136 Å². The number of likely N-dealkylation sites (N-methyl/N-ethyl adjacent to an activating group) is 1. The molecular weight excluding hydrogens is 310 g/mol. The molecule has 0 heterocycles. The van der Waals surface area contributed by atoms with E-state index in [4.69, 9.17) is 0 Å². The molecule has 3 rings (SSSR count). The number of carbonyl (C=O) groups excluding carboxylic acids is 1. The van der Waals surface area contributed by atoms with E-state index in [2.05, 4.69) is 0 Å². The Morgan fingerprint density at radius 1 is 1.09 bits per heavy atom. The Hall–Kier alpha value is -2.14. The molecule has 1 aliphatic carbocycles. The summed E-state index contributed by atoms with van der Waals surface area (Å²) in [6, 6.07) is 12.6. The van der Waals surface area contributed by atoms with E-state index < -0.39 is 10.0 Å². The molecule has 0 saturated heterocycles. The second-order valence-electron chi connectivity index (χ2n) is 5.55. The highest BCUT2D eigenvalue weighted by atomic mass is 32.2. The smallest absolute Gasteiger partial charge is 0.265 e. The molecule has 0 bridgehead atoms. The van der Waals surface area contributed by atoms with Crippen molar-refractivity contribution in [2.75, 3.05) is 6.54 Å². The number of fused-ring (bicyclic) bond motifs is 1. The summed E-state index contributed by atoms with van der Waals surface area (Å²) >= 11 is 0. The number of sulfonamides is 1. The predicted molar refractivity (Wildman–Crippen MR) is 90.5 cm³/mol. The molecule has 2 aromatic rings. The van der Waals surface area contributed by atoms with Gasteiger partial charge in [0.05, 0.1) is 10.6 Å². The van der Waals surface area contributed by atoms with Crippen LogP contribution in [-0.2, 0) is 14.8 Å². The molecule has 0 N–H and O–H groups in total. The lowest BCUT2D eigenvalue weighted by Gasteiger charge is -2.27. The van der Waals surface area contributed by atoms with Gasteiger partial charge in [0.1, 0.15) is 0 Å². The molecular formula is C18H19NO3S. The number of rotatable bonds is 4. The molecule has 0 unspecified atom stereocenters. The number of benzene rings is 2. The van der Waals surface area contributed by atoms with E-state index in [-0.39, 0.29) is 17.2 Å². The first-order valence-electron chi connectivity index (χ1n) is 7.79. The number of ketones is 1. The lowest BCUT2D eigenvalue weighted by Crippen LogP contribution is -2.34. The Kier molecular flexibility index (Phi) is 4.22. The minimum Gasteiger partial charge on any atom is -0.293 e. The minimum absolute atomic E-state index is 0.0955. The zero-order valence-corrected chi connectivity index (χ0v) is 13.8. The highest BCUT2D eigenvalue weighted by Gasteiger charge is 2.30. The van der Waals surface area contributed by atoms with E-state index in [0.717, 1.165) is 18.2 Å². The average Bonchev–Trinajstić information content (AvgIpc) is 2.56. The normalized spacial score (nSPS) is 15.5. The molecule has 1 aliphatic rings. The highest BCUT2D eigenvalue weighted by Crippen LogP contribution is 2.29. The number of nitrogens with zero attached hydrogens (tertiary/aromatic N) is 1. The first-order chi connectivity index (χ1) is 11.1. The van der Waals surface area contributed by atoms with Gasteiger partial charge in [-0.05, 0) is 31.2 Å². The van der Waals surface area contributed by atoms with Gasteiger partial charge >= 0.3 is 0 Å². The fourth-order valence-electron chi connectivity index (χ4n) is 2.99. The van der Waals surface area contributed by atoms with Crippen molar-refractivity contribution < 1.29 is 13.2 Å². The molecule has 0 fully saturated rings. The number of carbonyl (C=O) groups is 1. The van der Waals surface area contributed by atoms with Crippen LogP contribution >= 0.6 is 0 Å². The van der Waals surface area contributed by atoms with Crippen LogP contribution in [0.3, 0.4) is 0 Å². The summed E-state index contributed by atoms with van der Waals surface area (Å²) in [5, 5.41) is 1.55. The highest BCUT2D eigenvalue weighted by molar-refractivity contribution is 7.89. The van der Waals surface area contributed by atoms with Crippen LogP contribution < -0.4 is 0 Å². The molecule has 0 aromatic heterocycles. The fourth-order valence-corrected chi connectivity index (χ4v) is 4.72. The second-order valence-corrected chi connectivity index (χ2v) is 7.38. The minimum atomic E-state index is -3.77. The Morgan fingerprint density at radius 3 is 2.57 bits per heavy atom. The Morgan fingerprint density at radius 2 is 1.83 bits per heavy atom. The summed E-state index contributed by atoms with van der Waals surface area (Å²) in [6.07, 6.45) is 3.68. The van der Waals surface area contributed by atoms with Crippen molar-refractivity contribution in [1.29, 1.82) is 0 Å². The topological polar surface area (TPSA) is 54.5 Å². The number of allylic oxidation sites excluding steroid dienone is 2. The zero-order valence-electron chi connectivity index (χ0n) is 13.0. The molecule has 4 nitrogen and oxygen atoms in total. The summed E-state index contributed by atoms with van der Waals surface area (Å²) in [7, 11) is -3.77. The van der Waals surface area contributed by atoms with E-state index in [1.165, 1.54) is 4.31 Å². The van der Waals surface area contributed by atoms with Crippen molar-refractivity contribution in [3.05, 3.63) is 54.2 Å². The van der Waals surface area contributed by atoms with Crippen LogP contribution in [0.15, 0.2) is 59.1 Å². The van der Waals surface area contributed by atoms with Crippen molar-refractivity contribution in [3.8, 4) is 0 Å². The maximum atomic E-state index is 13.2. The van der Waals surface area contributed by atoms with Crippen LogP contribution in [0.2, 0.25) is 0 Å². The molecule has 0 radical (unpaired) electrons. The maximum Gasteiger partial charge on any atom is 0.265 e. The van der Waals surface area contributed by atoms with E-state index in [1.54, 1.807) is 31.2 Å². The molecule has 0 atom stereocenters. The Bertz CT molecular complexity index is 879. The van der Waals surface area contributed by atoms with Crippen molar-refractivity contribution >= 4 is 26.6 Å². The van der Waals surface area contributed by atoms with Crippen molar-refractivity contribution in [2.24, 2.45) is 0 Å². The molecule has 0 aliphatic heterocycles. The summed E-state index contributed by atoms with van der Waals surface area (Å²) in [6.45, 7) is 1.99. The van der Waals surface area contributed by atoms with E-state index in [9.17, 15) is 13.2 Å². The largest absolute Gasteiger partial charge is 0.293 e. The third-order valence-corrected chi connectivity index (χ3v) is 6.05. The molecule has 0 spiro atoms. The second kappa shape index (κ2) is 6.16. The van der Waals surface area contributed by atoms with Crippen LogP contribution in [0.1, 0.15) is 26.2 Å². The quantitative estimate of drug-likeness (QED) is 0.863. The average molecular weight is 329 g/mol. The van der Waals surface area contributed by atoms with Crippen LogP contribution in [0.25, 0.3) is 10.8 Å². The molecule has 23 heavy (non-hydrogen) atoms. The number of hydrogen-bond acceptors (Lipinski definition) is 3. The third kappa shape index (κ3) is 2.77. The summed E-state index contributed by atoms with van der Waals surface area (Å²) < 4.78 is 27.6. The molecule has 120 valence electrons. The molecule has 5 heteroatoms. The molecule has 0 saturated carbocycles. The summed E-state index contributed by atoms with van der Waals surface area (Å²) in [5.74, 6) is -0.0955.